The Balaban J connectivity index is 0.00000196. The molecule has 1 aliphatic heterocycles. The summed E-state index contributed by atoms with van der Waals surface area (Å²) >= 11 is 0. The zero-order valence-corrected chi connectivity index (χ0v) is 16.5. The van der Waals surface area contributed by atoms with Crippen LogP contribution in [0, 0.1) is 17.8 Å². The molecule has 4 nitrogen and oxygen atoms in total. The van der Waals surface area contributed by atoms with Gasteiger partial charge >= 0.3 is 0 Å². The van der Waals surface area contributed by atoms with Gasteiger partial charge in [0.1, 0.15) is 5.60 Å². The molecule has 0 spiro atoms. The fourth-order valence-corrected chi connectivity index (χ4v) is 5.28. The highest BCUT2D eigenvalue weighted by molar-refractivity contribution is 5.92. The van der Waals surface area contributed by atoms with Crippen LogP contribution in [0.25, 0.3) is 0 Å². The molecule has 3 atom stereocenters. The van der Waals surface area contributed by atoms with Gasteiger partial charge in [-0.05, 0) is 56.2 Å². The topological polar surface area (TPSA) is 55.6 Å². The van der Waals surface area contributed by atoms with Gasteiger partial charge in [-0.2, -0.15) is 0 Å². The summed E-state index contributed by atoms with van der Waals surface area (Å²) in [5.74, 6) is 1.58. The van der Waals surface area contributed by atoms with Gasteiger partial charge in [-0.25, -0.2) is 0 Å². The lowest BCUT2D eigenvalue weighted by molar-refractivity contribution is -0.183. The van der Waals surface area contributed by atoms with Gasteiger partial charge in [0.15, 0.2) is 0 Å². The molecule has 2 bridgehead atoms. The van der Waals surface area contributed by atoms with E-state index in [9.17, 15) is 4.79 Å². The van der Waals surface area contributed by atoms with E-state index in [1.54, 1.807) is 0 Å². The Labute approximate surface area is 162 Å². The molecule has 144 valence electrons. The van der Waals surface area contributed by atoms with Crippen molar-refractivity contribution in [3.63, 3.8) is 0 Å². The minimum atomic E-state index is -0.357. The first-order valence-electron chi connectivity index (χ1n) is 9.90. The lowest BCUT2D eigenvalue weighted by atomic mass is 9.62. The molecule has 0 radical (unpaired) electrons. The average Bonchev–Trinajstić information content (AvgIpc) is 3.40. The maximum atomic E-state index is 11.7. The van der Waals surface area contributed by atoms with Crippen LogP contribution in [0.4, 0.5) is 0 Å². The minimum absolute atomic E-state index is 0. The largest absolute Gasteiger partial charge is 0.370 e. The number of piperidine rings is 1. The molecule has 4 rings (SSSR count). The number of fused-ring (bicyclic) bond motifs is 2. The summed E-state index contributed by atoms with van der Waals surface area (Å²) in [6.07, 6.45) is 6.51. The van der Waals surface area contributed by atoms with Crippen molar-refractivity contribution in [1.29, 1.82) is 0 Å². The maximum absolute atomic E-state index is 11.7. The van der Waals surface area contributed by atoms with Crippen LogP contribution in [0.5, 0.6) is 0 Å². The third kappa shape index (κ3) is 3.51. The highest BCUT2D eigenvalue weighted by atomic mass is 35.5. The standard InChI is InChI=1S/C21H30N2O2.ClH/c1-2-25-21(17-6-3-5-16(11-17)20(22)24)18-7-4-8-19(21)14-23(13-18)12-15-9-10-15;/h3,5-6,11,15,18-19H,2,4,7-10,12-14H2,1H3,(H2,22,24);1H/t18-,19+,21?;. The van der Waals surface area contributed by atoms with Crippen molar-refractivity contribution in [2.45, 2.75) is 44.6 Å². The Morgan fingerprint density at radius 2 is 1.92 bits per heavy atom. The maximum Gasteiger partial charge on any atom is 0.248 e. The number of primary amides is 1. The summed E-state index contributed by atoms with van der Waals surface area (Å²) in [5.41, 5.74) is 7.04. The average molecular weight is 379 g/mol. The molecule has 2 saturated carbocycles. The van der Waals surface area contributed by atoms with Crippen molar-refractivity contribution >= 4 is 18.3 Å². The van der Waals surface area contributed by atoms with Crippen LogP contribution in [-0.2, 0) is 10.3 Å². The molecule has 1 aromatic rings. The highest BCUT2D eigenvalue weighted by Crippen LogP contribution is 2.52. The summed E-state index contributed by atoms with van der Waals surface area (Å²) in [4.78, 5) is 14.4. The SMILES string of the molecule is CCOC1(c2cccc(C(N)=O)c2)[C@@H]2CCC[C@H]1CN(CC1CC1)C2.Cl. The van der Waals surface area contributed by atoms with E-state index in [2.05, 4.69) is 17.9 Å². The van der Waals surface area contributed by atoms with Crippen molar-refractivity contribution in [1.82, 2.24) is 4.90 Å². The Hall–Kier alpha value is -1.10. The normalized spacial score (nSPS) is 31.3. The van der Waals surface area contributed by atoms with E-state index in [1.807, 2.05) is 18.2 Å². The highest BCUT2D eigenvalue weighted by Gasteiger charge is 2.53. The number of hydrogen-bond acceptors (Lipinski definition) is 3. The number of ether oxygens (including phenoxy) is 1. The van der Waals surface area contributed by atoms with Crippen LogP contribution in [0.2, 0.25) is 0 Å². The molecule has 2 aliphatic carbocycles. The molecule has 3 fully saturated rings. The number of nitrogens with zero attached hydrogens (tertiary/aromatic N) is 1. The molecule has 3 aliphatic rings. The molecule has 26 heavy (non-hydrogen) atoms. The van der Waals surface area contributed by atoms with E-state index in [-0.39, 0.29) is 23.9 Å². The summed E-state index contributed by atoms with van der Waals surface area (Å²) in [6.45, 7) is 6.29. The summed E-state index contributed by atoms with van der Waals surface area (Å²) < 4.78 is 6.55. The Morgan fingerprint density at radius 3 is 2.50 bits per heavy atom. The second-order valence-corrected chi connectivity index (χ2v) is 8.16. The van der Waals surface area contributed by atoms with Gasteiger partial charge in [-0.3, -0.25) is 4.79 Å². The minimum Gasteiger partial charge on any atom is -0.370 e. The van der Waals surface area contributed by atoms with Gasteiger partial charge < -0.3 is 15.4 Å². The summed E-state index contributed by atoms with van der Waals surface area (Å²) in [6, 6.07) is 7.90. The predicted molar refractivity (Wildman–Crippen MR) is 106 cm³/mol. The number of nitrogens with two attached hydrogens (primary N) is 1. The lowest BCUT2D eigenvalue weighted by Crippen LogP contribution is -2.59. The Morgan fingerprint density at radius 1 is 1.23 bits per heavy atom. The van der Waals surface area contributed by atoms with Crippen LogP contribution in [0.15, 0.2) is 24.3 Å². The molecular weight excluding hydrogens is 348 g/mol. The van der Waals surface area contributed by atoms with Crippen molar-refractivity contribution in [3.05, 3.63) is 35.4 Å². The number of amides is 1. The molecule has 1 saturated heterocycles. The Bertz CT molecular complexity index is 633. The monoisotopic (exact) mass is 378 g/mol. The molecule has 1 amide bonds. The van der Waals surface area contributed by atoms with Crippen LogP contribution in [-0.4, -0.2) is 37.0 Å². The Kier molecular flexibility index (Phi) is 5.95. The first kappa shape index (κ1) is 19.7. The third-order valence-electron chi connectivity index (χ3n) is 6.47. The molecule has 1 unspecified atom stereocenters. The van der Waals surface area contributed by atoms with Gasteiger partial charge in [0, 0.05) is 43.6 Å². The molecular formula is C21H31ClN2O2. The smallest absolute Gasteiger partial charge is 0.248 e. The number of carbonyl (C=O) groups excluding carboxylic acids is 1. The van der Waals surface area contributed by atoms with E-state index in [4.69, 9.17) is 10.5 Å². The van der Waals surface area contributed by atoms with Gasteiger partial charge in [0.25, 0.3) is 0 Å². The molecule has 2 N–H and O–H groups in total. The number of benzene rings is 1. The number of hydrogen-bond donors (Lipinski definition) is 1. The van der Waals surface area contributed by atoms with Crippen LogP contribution in [0.1, 0.15) is 54.9 Å². The van der Waals surface area contributed by atoms with Gasteiger partial charge in [0.2, 0.25) is 5.91 Å². The van der Waals surface area contributed by atoms with E-state index in [1.165, 1.54) is 38.6 Å². The quantitative estimate of drug-likeness (QED) is 0.823. The zero-order valence-electron chi connectivity index (χ0n) is 15.7. The zero-order chi connectivity index (χ0) is 17.4. The second-order valence-electron chi connectivity index (χ2n) is 8.16. The third-order valence-corrected chi connectivity index (χ3v) is 6.47. The number of rotatable bonds is 6. The van der Waals surface area contributed by atoms with Crippen LogP contribution in [0.3, 0.4) is 0 Å². The summed E-state index contributed by atoms with van der Waals surface area (Å²) in [7, 11) is 0. The van der Waals surface area contributed by atoms with Gasteiger partial charge in [-0.1, -0.05) is 18.6 Å². The number of likely N-dealkylation sites (tertiary alicyclic amines) is 1. The second kappa shape index (κ2) is 7.87. The van der Waals surface area contributed by atoms with Crippen LogP contribution >= 0.6 is 12.4 Å². The molecule has 1 heterocycles. The van der Waals surface area contributed by atoms with E-state index in [0.29, 0.717) is 24.0 Å². The summed E-state index contributed by atoms with van der Waals surface area (Å²) in [5, 5.41) is 0. The first-order chi connectivity index (χ1) is 12.1. The lowest BCUT2D eigenvalue weighted by Gasteiger charge is -2.56. The van der Waals surface area contributed by atoms with Crippen molar-refractivity contribution in [3.8, 4) is 0 Å². The van der Waals surface area contributed by atoms with Crippen LogP contribution < -0.4 is 5.73 Å². The molecule has 0 aromatic heterocycles. The number of halogens is 1. The number of carbonyl (C=O) groups is 1. The fourth-order valence-electron chi connectivity index (χ4n) is 5.28. The first-order valence-corrected chi connectivity index (χ1v) is 9.90. The van der Waals surface area contributed by atoms with Gasteiger partial charge in [0.05, 0.1) is 0 Å². The molecule has 5 heteroatoms. The van der Waals surface area contributed by atoms with E-state index in [0.717, 1.165) is 24.6 Å². The van der Waals surface area contributed by atoms with E-state index >= 15 is 0 Å². The van der Waals surface area contributed by atoms with Gasteiger partial charge in [-0.15, -0.1) is 12.4 Å². The molecule has 1 aromatic carbocycles. The van der Waals surface area contributed by atoms with Crippen molar-refractivity contribution in [2.75, 3.05) is 26.2 Å². The van der Waals surface area contributed by atoms with Crippen molar-refractivity contribution in [2.24, 2.45) is 23.5 Å². The predicted octanol–water partition coefficient (Wildman–Crippen LogP) is 3.58. The fraction of sp³-hybridized carbons (Fsp3) is 0.667. The van der Waals surface area contributed by atoms with E-state index < -0.39 is 0 Å². The van der Waals surface area contributed by atoms with Crippen molar-refractivity contribution < 1.29 is 9.53 Å².